The second-order valence-corrected chi connectivity index (χ2v) is 5.29. The number of unbranched alkanes of at least 4 members (excludes halogenated alkanes) is 1. The average Bonchev–Trinajstić information content (AvgIpc) is 2.22. The summed E-state index contributed by atoms with van der Waals surface area (Å²) in [7, 11) is 0. The predicted molar refractivity (Wildman–Crippen MR) is 70.5 cm³/mol. The van der Waals surface area contributed by atoms with Crippen molar-refractivity contribution in [1.29, 1.82) is 0 Å². The molecular formula is C13H30N2O. The van der Waals surface area contributed by atoms with Crippen LogP contribution in [0.2, 0.25) is 0 Å². The molecule has 0 spiro atoms. The molecule has 0 saturated carbocycles. The molecule has 0 aliphatic carbocycles. The topological polar surface area (TPSA) is 49.5 Å². The van der Waals surface area contributed by atoms with E-state index in [1.165, 1.54) is 13.0 Å². The van der Waals surface area contributed by atoms with E-state index in [0.717, 1.165) is 25.8 Å². The molecule has 0 amide bonds. The highest BCUT2D eigenvalue weighted by atomic mass is 16.3. The zero-order chi connectivity index (χ0) is 12.6. The third-order valence-electron chi connectivity index (χ3n) is 3.09. The minimum atomic E-state index is -0.673. The third kappa shape index (κ3) is 7.20. The summed E-state index contributed by atoms with van der Waals surface area (Å²) in [6.45, 7) is 11.2. The minimum absolute atomic E-state index is 0.357. The Balaban J connectivity index is 3.70. The second-order valence-electron chi connectivity index (χ2n) is 5.29. The summed E-state index contributed by atoms with van der Waals surface area (Å²) in [5.41, 5.74) is 4.81. The molecule has 0 aromatic carbocycles. The molecule has 0 aliphatic heterocycles. The van der Waals surface area contributed by atoms with Crippen molar-refractivity contribution in [2.45, 2.75) is 65.0 Å². The molecular weight excluding hydrogens is 200 g/mol. The average molecular weight is 230 g/mol. The number of aliphatic hydroxyl groups is 1. The van der Waals surface area contributed by atoms with Crippen LogP contribution in [0.3, 0.4) is 0 Å². The van der Waals surface area contributed by atoms with Crippen LogP contribution < -0.4 is 5.73 Å². The highest BCUT2D eigenvalue weighted by Gasteiger charge is 2.17. The van der Waals surface area contributed by atoms with Crippen molar-refractivity contribution < 1.29 is 5.11 Å². The SMILES string of the molecule is CCCN(CCCCC(C)(O)CN)C(C)C. The first-order valence-corrected chi connectivity index (χ1v) is 6.59. The van der Waals surface area contributed by atoms with Crippen molar-refractivity contribution in [2.24, 2.45) is 5.73 Å². The first kappa shape index (κ1) is 15.9. The molecule has 16 heavy (non-hydrogen) atoms. The molecule has 0 fully saturated rings. The quantitative estimate of drug-likeness (QED) is 0.596. The fraction of sp³-hybridized carbons (Fsp3) is 1.00. The molecule has 0 bridgehead atoms. The van der Waals surface area contributed by atoms with Gasteiger partial charge in [0.2, 0.25) is 0 Å². The molecule has 1 atom stereocenters. The van der Waals surface area contributed by atoms with Gasteiger partial charge in [0, 0.05) is 12.6 Å². The van der Waals surface area contributed by atoms with Gasteiger partial charge >= 0.3 is 0 Å². The van der Waals surface area contributed by atoms with E-state index >= 15 is 0 Å². The van der Waals surface area contributed by atoms with Gasteiger partial charge in [0.15, 0.2) is 0 Å². The van der Waals surface area contributed by atoms with Crippen LogP contribution in [-0.4, -0.2) is 41.3 Å². The van der Waals surface area contributed by atoms with Gasteiger partial charge in [-0.05, 0) is 59.5 Å². The maximum absolute atomic E-state index is 9.76. The van der Waals surface area contributed by atoms with Crippen molar-refractivity contribution in [1.82, 2.24) is 4.90 Å². The molecule has 0 aromatic rings. The summed E-state index contributed by atoms with van der Waals surface area (Å²) >= 11 is 0. The van der Waals surface area contributed by atoms with Gasteiger partial charge in [0.1, 0.15) is 0 Å². The lowest BCUT2D eigenvalue weighted by Crippen LogP contribution is -2.35. The Morgan fingerprint density at radius 3 is 2.31 bits per heavy atom. The van der Waals surface area contributed by atoms with Gasteiger partial charge in [-0.1, -0.05) is 6.92 Å². The summed E-state index contributed by atoms with van der Waals surface area (Å²) in [5, 5.41) is 9.76. The van der Waals surface area contributed by atoms with Crippen LogP contribution >= 0.6 is 0 Å². The molecule has 3 nitrogen and oxygen atoms in total. The van der Waals surface area contributed by atoms with E-state index in [-0.39, 0.29) is 0 Å². The van der Waals surface area contributed by atoms with E-state index in [9.17, 15) is 5.11 Å². The molecule has 3 N–H and O–H groups in total. The van der Waals surface area contributed by atoms with Gasteiger partial charge in [-0.15, -0.1) is 0 Å². The monoisotopic (exact) mass is 230 g/mol. The van der Waals surface area contributed by atoms with Gasteiger partial charge in [0.05, 0.1) is 5.60 Å². The lowest BCUT2D eigenvalue weighted by atomic mass is 9.99. The van der Waals surface area contributed by atoms with Crippen LogP contribution in [0.1, 0.15) is 53.4 Å². The molecule has 0 rings (SSSR count). The van der Waals surface area contributed by atoms with Crippen LogP contribution in [0.4, 0.5) is 0 Å². The predicted octanol–water partition coefficient (Wildman–Crippen LogP) is 1.99. The highest BCUT2D eigenvalue weighted by Crippen LogP contribution is 2.12. The molecule has 1 unspecified atom stereocenters. The van der Waals surface area contributed by atoms with E-state index in [4.69, 9.17) is 5.73 Å². The summed E-state index contributed by atoms with van der Waals surface area (Å²) in [6, 6.07) is 0.620. The maximum Gasteiger partial charge on any atom is 0.0741 e. The maximum atomic E-state index is 9.76. The first-order valence-electron chi connectivity index (χ1n) is 6.59. The van der Waals surface area contributed by atoms with E-state index in [2.05, 4.69) is 25.7 Å². The lowest BCUT2D eigenvalue weighted by Gasteiger charge is -2.27. The Bertz CT molecular complexity index is 169. The van der Waals surface area contributed by atoms with E-state index in [1.807, 2.05) is 6.92 Å². The Morgan fingerprint density at radius 2 is 1.88 bits per heavy atom. The highest BCUT2D eigenvalue weighted by molar-refractivity contribution is 4.73. The standard InChI is InChI=1S/C13H30N2O/c1-5-9-15(12(2)3)10-7-6-8-13(4,16)11-14/h12,16H,5-11,14H2,1-4H3. The van der Waals surface area contributed by atoms with Crippen LogP contribution in [0.15, 0.2) is 0 Å². The van der Waals surface area contributed by atoms with Crippen molar-refractivity contribution in [2.75, 3.05) is 19.6 Å². The molecule has 0 heterocycles. The molecule has 3 heteroatoms. The number of hydrogen-bond acceptors (Lipinski definition) is 3. The van der Waals surface area contributed by atoms with Gasteiger partial charge in [-0.3, -0.25) is 0 Å². The van der Waals surface area contributed by atoms with Crippen molar-refractivity contribution in [3.8, 4) is 0 Å². The Labute approximate surface area is 101 Å². The second kappa shape index (κ2) is 8.04. The molecule has 0 saturated heterocycles. The van der Waals surface area contributed by atoms with Gasteiger partial charge in [-0.2, -0.15) is 0 Å². The summed E-state index contributed by atoms with van der Waals surface area (Å²) in [5.74, 6) is 0. The molecule has 0 radical (unpaired) electrons. The summed E-state index contributed by atoms with van der Waals surface area (Å²) in [6.07, 6.45) is 4.21. The zero-order valence-corrected chi connectivity index (χ0v) is 11.5. The molecule has 98 valence electrons. The van der Waals surface area contributed by atoms with Crippen LogP contribution in [0, 0.1) is 0 Å². The van der Waals surface area contributed by atoms with Gasteiger partial charge in [-0.25, -0.2) is 0 Å². The number of rotatable bonds is 9. The van der Waals surface area contributed by atoms with Crippen LogP contribution in [-0.2, 0) is 0 Å². The Morgan fingerprint density at radius 1 is 1.25 bits per heavy atom. The Hall–Kier alpha value is -0.120. The van der Waals surface area contributed by atoms with E-state index in [0.29, 0.717) is 12.6 Å². The van der Waals surface area contributed by atoms with Crippen molar-refractivity contribution >= 4 is 0 Å². The van der Waals surface area contributed by atoms with Crippen molar-refractivity contribution in [3.05, 3.63) is 0 Å². The van der Waals surface area contributed by atoms with E-state index < -0.39 is 5.60 Å². The minimum Gasteiger partial charge on any atom is -0.389 e. The number of hydrogen-bond donors (Lipinski definition) is 2. The van der Waals surface area contributed by atoms with Crippen molar-refractivity contribution in [3.63, 3.8) is 0 Å². The smallest absolute Gasteiger partial charge is 0.0741 e. The van der Waals surface area contributed by atoms with Crippen LogP contribution in [0.25, 0.3) is 0 Å². The van der Waals surface area contributed by atoms with E-state index in [1.54, 1.807) is 0 Å². The first-order chi connectivity index (χ1) is 7.43. The summed E-state index contributed by atoms with van der Waals surface area (Å²) < 4.78 is 0. The fourth-order valence-corrected chi connectivity index (χ4v) is 1.84. The lowest BCUT2D eigenvalue weighted by molar-refractivity contribution is 0.0560. The fourth-order valence-electron chi connectivity index (χ4n) is 1.84. The number of nitrogens with zero attached hydrogens (tertiary/aromatic N) is 1. The zero-order valence-electron chi connectivity index (χ0n) is 11.5. The largest absolute Gasteiger partial charge is 0.389 e. The third-order valence-corrected chi connectivity index (χ3v) is 3.09. The van der Waals surface area contributed by atoms with Gasteiger partial charge in [0.25, 0.3) is 0 Å². The Kier molecular flexibility index (Phi) is 7.98. The van der Waals surface area contributed by atoms with Crippen LogP contribution in [0.5, 0.6) is 0 Å². The number of nitrogens with two attached hydrogens (primary N) is 1. The normalized spacial score (nSPS) is 15.8. The molecule has 0 aliphatic rings. The van der Waals surface area contributed by atoms with Gasteiger partial charge < -0.3 is 15.7 Å². The summed E-state index contributed by atoms with van der Waals surface area (Å²) in [4.78, 5) is 2.50. The molecule has 0 aromatic heterocycles.